The van der Waals surface area contributed by atoms with Crippen molar-refractivity contribution in [1.29, 1.82) is 0 Å². The summed E-state index contributed by atoms with van der Waals surface area (Å²) in [5.41, 5.74) is 4.79. The Morgan fingerprint density at radius 1 is 1.21 bits per heavy atom. The van der Waals surface area contributed by atoms with Gasteiger partial charge in [-0.2, -0.15) is 0 Å². The summed E-state index contributed by atoms with van der Waals surface area (Å²) in [5, 5.41) is 3.50. The molecule has 3 nitrogen and oxygen atoms in total. The van der Waals surface area contributed by atoms with Crippen LogP contribution in [0.25, 0.3) is 4.96 Å². The van der Waals surface area contributed by atoms with Crippen LogP contribution in [0.4, 0.5) is 5.69 Å². The number of thiazole rings is 1. The van der Waals surface area contributed by atoms with E-state index in [1.807, 2.05) is 0 Å². The molecule has 98 valence electrons. The van der Waals surface area contributed by atoms with Crippen LogP contribution in [0.5, 0.6) is 0 Å². The molecule has 0 spiro atoms. The van der Waals surface area contributed by atoms with Gasteiger partial charge in [-0.3, -0.25) is 4.40 Å². The minimum absolute atomic E-state index is 0.800. The Labute approximate surface area is 116 Å². The lowest BCUT2D eigenvalue weighted by Crippen LogP contribution is -2.04. The van der Waals surface area contributed by atoms with Crippen LogP contribution in [0, 0.1) is 20.8 Å². The summed E-state index contributed by atoms with van der Waals surface area (Å²) in [7, 11) is 0. The highest BCUT2D eigenvalue weighted by Crippen LogP contribution is 2.22. The minimum atomic E-state index is 0.800. The van der Waals surface area contributed by atoms with Crippen molar-refractivity contribution in [1.82, 2.24) is 9.38 Å². The molecule has 0 aliphatic carbocycles. The number of nitrogens with zero attached hydrogens (tertiary/aromatic N) is 2. The fourth-order valence-corrected chi connectivity index (χ4v) is 3.16. The van der Waals surface area contributed by atoms with Gasteiger partial charge in [0.15, 0.2) is 4.96 Å². The molecule has 2 heterocycles. The van der Waals surface area contributed by atoms with Gasteiger partial charge in [-0.25, -0.2) is 4.98 Å². The van der Waals surface area contributed by atoms with Gasteiger partial charge in [0.25, 0.3) is 0 Å². The monoisotopic (exact) mass is 271 g/mol. The topological polar surface area (TPSA) is 29.3 Å². The normalized spacial score (nSPS) is 11.1. The number of para-hydroxylation sites is 1. The Hall–Kier alpha value is -1.81. The Morgan fingerprint density at radius 2 is 2.00 bits per heavy atom. The van der Waals surface area contributed by atoms with Gasteiger partial charge < -0.3 is 5.32 Å². The predicted octanol–water partition coefficient (Wildman–Crippen LogP) is 3.93. The zero-order chi connectivity index (χ0) is 13.4. The molecule has 1 N–H and O–H groups in total. The van der Waals surface area contributed by atoms with E-state index in [0.29, 0.717) is 0 Å². The molecule has 4 heteroatoms. The van der Waals surface area contributed by atoms with Gasteiger partial charge in [-0.15, -0.1) is 11.3 Å². The molecule has 0 bridgehead atoms. The third-order valence-corrected chi connectivity index (χ3v) is 4.23. The molecular weight excluding hydrogens is 254 g/mol. The quantitative estimate of drug-likeness (QED) is 0.782. The zero-order valence-corrected chi connectivity index (χ0v) is 12.2. The van der Waals surface area contributed by atoms with Crippen LogP contribution in [0.3, 0.4) is 0 Å². The lowest BCUT2D eigenvalue weighted by Gasteiger charge is -2.09. The number of hydrogen-bond donors (Lipinski definition) is 1. The number of rotatable bonds is 3. The Morgan fingerprint density at radius 3 is 2.79 bits per heavy atom. The summed E-state index contributed by atoms with van der Waals surface area (Å²) in [6, 6.07) is 8.35. The first-order chi connectivity index (χ1) is 9.15. The molecule has 0 aliphatic heterocycles. The van der Waals surface area contributed by atoms with Crippen molar-refractivity contribution in [3.8, 4) is 0 Å². The van der Waals surface area contributed by atoms with E-state index < -0.39 is 0 Å². The number of anilines is 1. The van der Waals surface area contributed by atoms with Crippen LogP contribution in [0.15, 0.2) is 30.5 Å². The molecule has 0 unspecified atom stereocenters. The molecule has 0 atom stereocenters. The lowest BCUT2D eigenvalue weighted by atomic mass is 10.2. The first-order valence-corrected chi connectivity index (χ1v) is 7.20. The molecule has 0 fully saturated rings. The molecular formula is C15H17N3S. The van der Waals surface area contributed by atoms with Crippen LogP contribution < -0.4 is 5.32 Å². The van der Waals surface area contributed by atoms with Crippen LogP contribution >= 0.6 is 11.3 Å². The highest BCUT2D eigenvalue weighted by atomic mass is 32.1. The Balaban J connectivity index is 1.89. The second-order valence-corrected chi connectivity index (χ2v) is 6.02. The summed E-state index contributed by atoms with van der Waals surface area (Å²) >= 11 is 1.74. The summed E-state index contributed by atoms with van der Waals surface area (Å²) in [6.45, 7) is 7.11. The van der Waals surface area contributed by atoms with Crippen molar-refractivity contribution in [3.63, 3.8) is 0 Å². The third kappa shape index (κ3) is 2.24. The van der Waals surface area contributed by atoms with E-state index in [0.717, 1.165) is 17.2 Å². The van der Waals surface area contributed by atoms with E-state index in [9.17, 15) is 0 Å². The largest absolute Gasteiger partial charge is 0.379 e. The van der Waals surface area contributed by atoms with Crippen LogP contribution in [0.2, 0.25) is 0 Å². The van der Waals surface area contributed by atoms with Crippen molar-refractivity contribution >= 4 is 22.0 Å². The van der Waals surface area contributed by atoms with Crippen molar-refractivity contribution in [2.24, 2.45) is 0 Å². The lowest BCUT2D eigenvalue weighted by molar-refractivity contribution is 0.989. The summed E-state index contributed by atoms with van der Waals surface area (Å²) < 4.78 is 2.20. The van der Waals surface area contributed by atoms with Crippen LogP contribution in [-0.2, 0) is 6.54 Å². The number of aryl methyl sites for hydroxylation is 3. The van der Waals surface area contributed by atoms with Crippen molar-refractivity contribution in [2.75, 3.05) is 5.32 Å². The summed E-state index contributed by atoms with van der Waals surface area (Å²) in [6.07, 6.45) is 2.16. The highest BCUT2D eigenvalue weighted by Gasteiger charge is 2.10. The number of imidazole rings is 1. The van der Waals surface area contributed by atoms with Crippen molar-refractivity contribution in [2.45, 2.75) is 27.3 Å². The van der Waals surface area contributed by atoms with Gasteiger partial charge in [0, 0.05) is 16.8 Å². The number of aromatic nitrogens is 2. The average Bonchev–Trinajstić information content (AvgIpc) is 2.84. The summed E-state index contributed by atoms with van der Waals surface area (Å²) in [5.74, 6) is 0. The van der Waals surface area contributed by atoms with Gasteiger partial charge >= 0.3 is 0 Å². The van der Waals surface area contributed by atoms with E-state index >= 15 is 0 Å². The Kier molecular flexibility index (Phi) is 3.03. The zero-order valence-electron chi connectivity index (χ0n) is 11.4. The van der Waals surface area contributed by atoms with Gasteiger partial charge in [-0.1, -0.05) is 18.2 Å². The standard InChI is InChI=1S/C15H17N3S/c1-10-6-4-5-7-13(10)16-8-14-12(3)17-15-18(14)9-11(2)19-15/h4-7,9,16H,8H2,1-3H3. The average molecular weight is 271 g/mol. The molecule has 19 heavy (non-hydrogen) atoms. The predicted molar refractivity (Wildman–Crippen MR) is 81.0 cm³/mol. The highest BCUT2D eigenvalue weighted by molar-refractivity contribution is 7.17. The van der Waals surface area contributed by atoms with Gasteiger partial charge in [0.1, 0.15) is 0 Å². The first kappa shape index (κ1) is 12.2. The molecule has 0 amide bonds. The first-order valence-electron chi connectivity index (χ1n) is 6.38. The van der Waals surface area contributed by atoms with Crippen molar-refractivity contribution in [3.05, 3.63) is 52.3 Å². The fourth-order valence-electron chi connectivity index (χ4n) is 2.27. The van der Waals surface area contributed by atoms with E-state index in [1.165, 1.54) is 21.8 Å². The van der Waals surface area contributed by atoms with E-state index in [-0.39, 0.29) is 0 Å². The molecule has 1 aromatic carbocycles. The third-order valence-electron chi connectivity index (χ3n) is 3.33. The smallest absolute Gasteiger partial charge is 0.194 e. The molecule has 2 aromatic heterocycles. The molecule has 3 rings (SSSR count). The second-order valence-electron chi connectivity index (χ2n) is 4.81. The van der Waals surface area contributed by atoms with E-state index in [1.54, 1.807) is 11.3 Å². The number of hydrogen-bond acceptors (Lipinski definition) is 3. The molecule has 0 saturated heterocycles. The molecule has 3 aromatic rings. The van der Waals surface area contributed by atoms with E-state index in [4.69, 9.17) is 0 Å². The molecule has 0 saturated carbocycles. The Bertz CT molecular complexity index is 724. The maximum absolute atomic E-state index is 4.61. The number of benzene rings is 1. The molecule has 0 radical (unpaired) electrons. The number of fused-ring (bicyclic) bond motifs is 1. The fraction of sp³-hybridized carbons (Fsp3) is 0.267. The summed E-state index contributed by atoms with van der Waals surface area (Å²) in [4.78, 5) is 6.98. The van der Waals surface area contributed by atoms with Crippen LogP contribution in [-0.4, -0.2) is 9.38 Å². The molecule has 0 aliphatic rings. The maximum Gasteiger partial charge on any atom is 0.194 e. The van der Waals surface area contributed by atoms with Crippen molar-refractivity contribution < 1.29 is 0 Å². The van der Waals surface area contributed by atoms with E-state index in [2.05, 4.69) is 65.9 Å². The van der Waals surface area contributed by atoms with Gasteiger partial charge in [0.05, 0.1) is 17.9 Å². The minimum Gasteiger partial charge on any atom is -0.379 e. The van der Waals surface area contributed by atoms with Gasteiger partial charge in [0.2, 0.25) is 0 Å². The van der Waals surface area contributed by atoms with Gasteiger partial charge in [-0.05, 0) is 32.4 Å². The van der Waals surface area contributed by atoms with Crippen LogP contribution in [0.1, 0.15) is 21.8 Å². The number of nitrogens with one attached hydrogen (secondary N) is 1. The SMILES string of the molecule is Cc1cn2c(CNc3ccccc3C)c(C)nc2s1. The second kappa shape index (κ2) is 4.70. The maximum atomic E-state index is 4.61.